The molecule has 3 amide bonds. The molecule has 0 radical (unpaired) electrons. The maximum Gasteiger partial charge on any atom is 0.352 e. The van der Waals surface area contributed by atoms with E-state index < -0.39 is 53.9 Å². The standard InChI is InChI=1S/C43H56N6O11/c1-5-26-27-10-7-8-11-32(27)46-37-29(26)23-49-34(37)22-28-30(40(49)52)24-59-43(55)38(28)60-42(54)36(25(3)4)47-39(51)33-12-9-15-48(33)41(53)31(6-2)45-35(50)13-16-56-18-20-58-21-19-57-17-14-44/h7-8,10-11,22,25,31,33,36,38H,5-6,9,12-21,23-24,44H2,1-4H3,(H,45,50)(H,47,51)/t31?,33?,36-,38?/m0/s1. The van der Waals surface area contributed by atoms with Crippen molar-refractivity contribution in [2.45, 2.75) is 97.2 Å². The Bertz CT molecular complexity index is 2140. The molecule has 1 fully saturated rings. The Kier molecular flexibility index (Phi) is 15.0. The van der Waals surface area contributed by atoms with E-state index >= 15 is 0 Å². The zero-order chi connectivity index (χ0) is 42.9. The Morgan fingerprint density at radius 3 is 2.38 bits per heavy atom. The van der Waals surface area contributed by atoms with Gasteiger partial charge in [-0.25, -0.2) is 14.6 Å². The Morgan fingerprint density at radius 1 is 0.967 bits per heavy atom. The molecule has 1 saturated heterocycles. The molecule has 3 unspecified atom stereocenters. The zero-order valence-electron chi connectivity index (χ0n) is 34.8. The average molecular weight is 833 g/mol. The first-order chi connectivity index (χ1) is 29.0. The summed E-state index contributed by atoms with van der Waals surface area (Å²) in [6.07, 6.45) is 0.375. The van der Waals surface area contributed by atoms with Crippen LogP contribution in [0, 0.1) is 5.92 Å². The van der Waals surface area contributed by atoms with Crippen LogP contribution in [0.4, 0.5) is 0 Å². The number of para-hydroxylation sites is 1. The van der Waals surface area contributed by atoms with Gasteiger partial charge in [-0.1, -0.05) is 45.9 Å². The summed E-state index contributed by atoms with van der Waals surface area (Å²) in [5, 5.41) is 6.54. The van der Waals surface area contributed by atoms with Gasteiger partial charge in [-0.05, 0) is 49.3 Å². The molecule has 3 aromatic rings. The van der Waals surface area contributed by atoms with Crippen LogP contribution in [0.3, 0.4) is 0 Å². The average Bonchev–Trinajstić information content (AvgIpc) is 3.88. The molecule has 0 spiro atoms. The molecule has 324 valence electrons. The number of aryl methyl sites for hydroxylation is 1. The first-order valence-electron chi connectivity index (χ1n) is 20.9. The molecule has 60 heavy (non-hydrogen) atoms. The number of carbonyl (C=O) groups is 5. The van der Waals surface area contributed by atoms with Crippen LogP contribution >= 0.6 is 0 Å². The highest BCUT2D eigenvalue weighted by Gasteiger charge is 2.42. The van der Waals surface area contributed by atoms with Crippen molar-refractivity contribution in [3.05, 3.63) is 62.9 Å². The fourth-order valence-corrected chi connectivity index (χ4v) is 8.00. The lowest BCUT2D eigenvalue weighted by molar-refractivity contribution is -0.173. The van der Waals surface area contributed by atoms with Crippen LogP contribution in [0.25, 0.3) is 22.3 Å². The minimum Gasteiger partial charge on any atom is -0.458 e. The summed E-state index contributed by atoms with van der Waals surface area (Å²) in [5.74, 6) is -3.57. The molecule has 0 aliphatic carbocycles. The third-order valence-electron chi connectivity index (χ3n) is 11.1. The highest BCUT2D eigenvalue weighted by atomic mass is 16.6. The minimum atomic E-state index is -1.56. The Labute approximate surface area is 348 Å². The molecule has 2 aromatic heterocycles. The summed E-state index contributed by atoms with van der Waals surface area (Å²) in [4.78, 5) is 87.8. The van der Waals surface area contributed by atoms with Gasteiger partial charge in [0.2, 0.25) is 23.8 Å². The van der Waals surface area contributed by atoms with E-state index in [1.54, 1.807) is 31.4 Å². The predicted octanol–water partition coefficient (Wildman–Crippen LogP) is 2.05. The van der Waals surface area contributed by atoms with Crippen molar-refractivity contribution in [3.8, 4) is 11.4 Å². The highest BCUT2D eigenvalue weighted by molar-refractivity contribution is 5.95. The Balaban J connectivity index is 1.09. The molecule has 0 bridgehead atoms. The largest absolute Gasteiger partial charge is 0.458 e. The number of likely N-dealkylation sites (tertiary alicyclic amines) is 1. The number of nitrogens with one attached hydrogen (secondary N) is 2. The van der Waals surface area contributed by atoms with Gasteiger partial charge in [0.05, 0.1) is 68.7 Å². The number of hydrogen-bond donors (Lipinski definition) is 3. The third-order valence-corrected chi connectivity index (χ3v) is 11.1. The van der Waals surface area contributed by atoms with Crippen LogP contribution in [-0.2, 0) is 67.2 Å². The summed E-state index contributed by atoms with van der Waals surface area (Å²) < 4.78 is 28.9. The maximum atomic E-state index is 14.0. The number of fused-ring (bicyclic) bond motifs is 5. The van der Waals surface area contributed by atoms with Gasteiger partial charge in [-0.2, -0.15) is 0 Å². The molecule has 4 N–H and O–H groups in total. The van der Waals surface area contributed by atoms with Gasteiger partial charge in [-0.3, -0.25) is 19.2 Å². The zero-order valence-corrected chi connectivity index (χ0v) is 34.8. The number of nitrogens with two attached hydrogens (primary N) is 1. The predicted molar refractivity (Wildman–Crippen MR) is 218 cm³/mol. The van der Waals surface area contributed by atoms with E-state index in [1.165, 1.54) is 4.90 Å². The van der Waals surface area contributed by atoms with Crippen molar-refractivity contribution in [1.29, 1.82) is 0 Å². The summed E-state index contributed by atoms with van der Waals surface area (Å²) in [5.41, 5.74) is 9.36. The number of amides is 3. The molecule has 3 aliphatic rings. The number of cyclic esters (lactones) is 1. The van der Waals surface area contributed by atoms with Gasteiger partial charge in [0.25, 0.3) is 5.56 Å². The Morgan fingerprint density at radius 2 is 1.68 bits per heavy atom. The quantitative estimate of drug-likeness (QED) is 0.0859. The number of aromatic nitrogens is 2. The molecule has 3 aliphatic heterocycles. The van der Waals surface area contributed by atoms with Crippen LogP contribution in [0.1, 0.15) is 81.7 Å². The van der Waals surface area contributed by atoms with Gasteiger partial charge < -0.3 is 49.5 Å². The molecule has 17 heteroatoms. The monoisotopic (exact) mass is 832 g/mol. The smallest absolute Gasteiger partial charge is 0.352 e. The highest BCUT2D eigenvalue weighted by Crippen LogP contribution is 2.39. The van der Waals surface area contributed by atoms with E-state index in [9.17, 15) is 28.8 Å². The summed E-state index contributed by atoms with van der Waals surface area (Å²) in [6, 6.07) is 6.49. The summed E-state index contributed by atoms with van der Waals surface area (Å²) in [6.45, 7) is 10.1. The molecule has 0 saturated carbocycles. The second-order valence-corrected chi connectivity index (χ2v) is 15.4. The molecule has 4 atom stereocenters. The summed E-state index contributed by atoms with van der Waals surface area (Å²) in [7, 11) is 0. The van der Waals surface area contributed by atoms with Gasteiger partial charge in [-0.15, -0.1) is 0 Å². The number of rotatable bonds is 20. The number of ether oxygens (including phenoxy) is 5. The number of pyridine rings is 2. The number of benzene rings is 1. The van der Waals surface area contributed by atoms with E-state index in [1.807, 2.05) is 24.3 Å². The van der Waals surface area contributed by atoms with E-state index in [-0.39, 0.29) is 42.2 Å². The van der Waals surface area contributed by atoms with Gasteiger partial charge in [0.1, 0.15) is 24.7 Å². The lowest BCUT2D eigenvalue weighted by Gasteiger charge is -2.31. The first kappa shape index (κ1) is 44.3. The molecular formula is C43H56N6O11. The first-order valence-corrected chi connectivity index (χ1v) is 20.9. The number of nitrogens with zero attached hydrogens (tertiary/aromatic N) is 3. The van der Waals surface area contributed by atoms with E-state index in [0.717, 1.165) is 28.5 Å². The minimum absolute atomic E-state index is 0.0308. The van der Waals surface area contributed by atoms with Gasteiger partial charge in [0.15, 0.2) is 0 Å². The van der Waals surface area contributed by atoms with E-state index in [4.69, 9.17) is 34.4 Å². The van der Waals surface area contributed by atoms with Gasteiger partial charge in [0, 0.05) is 36.0 Å². The number of carbonyl (C=O) groups excluding carboxylic acids is 5. The van der Waals surface area contributed by atoms with Crippen molar-refractivity contribution < 1.29 is 47.7 Å². The van der Waals surface area contributed by atoms with E-state index in [2.05, 4.69) is 17.6 Å². The normalized spacial score (nSPS) is 17.8. The summed E-state index contributed by atoms with van der Waals surface area (Å²) >= 11 is 0. The van der Waals surface area contributed by atoms with E-state index in [0.29, 0.717) is 83.3 Å². The lowest BCUT2D eigenvalue weighted by atomic mass is 9.97. The van der Waals surface area contributed by atoms with Crippen LogP contribution < -0.4 is 21.9 Å². The number of hydrogen-bond acceptors (Lipinski definition) is 13. The fourth-order valence-electron chi connectivity index (χ4n) is 8.00. The maximum absolute atomic E-state index is 14.0. The SMILES string of the molecule is CCc1c2c(nc3ccccc13)-c1cc3c(c(=O)n1C2)COC(=O)C3OC(=O)[C@@H](NC(=O)C1CCCN1C(=O)C(CC)NC(=O)CCOCCOCCOCCN)C(C)C. The van der Waals surface area contributed by atoms with Crippen LogP contribution in [0.15, 0.2) is 35.1 Å². The molecule has 6 rings (SSSR count). The topological polar surface area (TPSA) is 220 Å². The second kappa shape index (κ2) is 20.4. The molecule has 1 aromatic carbocycles. The third kappa shape index (κ3) is 9.70. The second-order valence-electron chi connectivity index (χ2n) is 15.4. The Hall–Kier alpha value is -5.23. The molecule has 17 nitrogen and oxygen atoms in total. The van der Waals surface area contributed by atoms with Crippen molar-refractivity contribution >= 4 is 40.6 Å². The molecular weight excluding hydrogens is 777 g/mol. The van der Waals surface area contributed by atoms with Gasteiger partial charge >= 0.3 is 11.9 Å². The lowest BCUT2D eigenvalue weighted by Crippen LogP contribution is -2.56. The molecule has 5 heterocycles. The van der Waals surface area contributed by atoms with Crippen molar-refractivity contribution in [2.75, 3.05) is 52.7 Å². The van der Waals surface area contributed by atoms with Crippen molar-refractivity contribution in [3.63, 3.8) is 0 Å². The fraction of sp³-hybridized carbons (Fsp3) is 0.558. The van der Waals surface area contributed by atoms with Crippen LogP contribution in [-0.4, -0.2) is 115 Å². The van der Waals surface area contributed by atoms with Crippen molar-refractivity contribution in [2.24, 2.45) is 11.7 Å². The van der Waals surface area contributed by atoms with Crippen LogP contribution in [0.2, 0.25) is 0 Å². The van der Waals surface area contributed by atoms with Crippen molar-refractivity contribution in [1.82, 2.24) is 25.1 Å². The number of esters is 2. The van der Waals surface area contributed by atoms with Crippen LogP contribution in [0.5, 0.6) is 0 Å².